The molecule has 10 heteroatoms. The van der Waals surface area contributed by atoms with Gasteiger partial charge in [-0.2, -0.15) is 9.78 Å². The number of halogens is 2. The Kier molecular flexibility index (Phi) is 6.95. The van der Waals surface area contributed by atoms with E-state index in [0.717, 1.165) is 10.9 Å². The molecule has 1 amide bonds. The summed E-state index contributed by atoms with van der Waals surface area (Å²) in [5.41, 5.74) is 2.71. The molecule has 5 aromatic rings. The van der Waals surface area contributed by atoms with Crippen molar-refractivity contribution in [3.8, 4) is 33.9 Å². The van der Waals surface area contributed by atoms with E-state index < -0.39 is 27.5 Å². The van der Waals surface area contributed by atoms with Crippen LogP contribution in [-0.4, -0.2) is 30.5 Å². The lowest BCUT2D eigenvalue weighted by Crippen LogP contribution is -2.19. The molecule has 5 rings (SSSR count). The van der Waals surface area contributed by atoms with Gasteiger partial charge in [-0.15, -0.1) is 0 Å². The fourth-order valence-electron chi connectivity index (χ4n) is 3.82. The molecule has 0 saturated heterocycles. The van der Waals surface area contributed by atoms with Crippen LogP contribution in [0, 0.1) is 11.6 Å². The maximum absolute atomic E-state index is 13.5. The fraction of sp³-hybridized carbons (Fsp3) is 0.0345. The minimum Gasteiger partial charge on any atom is -0.457 e. The minimum absolute atomic E-state index is 0.191. The van der Waals surface area contributed by atoms with E-state index in [1.807, 2.05) is 0 Å². The Balaban J connectivity index is 1.34. The first-order chi connectivity index (χ1) is 18.7. The fourth-order valence-corrected chi connectivity index (χ4v) is 4.45. The Hall–Kier alpha value is -4.83. The number of sulfone groups is 1. The summed E-state index contributed by atoms with van der Waals surface area (Å²) in [5, 5.41) is 7.18. The first kappa shape index (κ1) is 25.8. The Morgan fingerprint density at radius 2 is 1.28 bits per heavy atom. The molecule has 0 unspecified atom stereocenters. The van der Waals surface area contributed by atoms with Gasteiger partial charge in [0, 0.05) is 29.3 Å². The van der Waals surface area contributed by atoms with Crippen LogP contribution in [0.1, 0.15) is 0 Å². The Labute approximate surface area is 223 Å². The van der Waals surface area contributed by atoms with Crippen LogP contribution in [0.5, 0.6) is 11.5 Å². The lowest BCUT2D eigenvalue weighted by atomic mass is 10.0. The number of aromatic nitrogens is 2. The number of carbonyl (C=O) groups excluding carboxylic acids is 1. The number of benzene rings is 4. The molecule has 0 atom stereocenters. The third-order valence-corrected chi connectivity index (χ3v) is 6.92. The van der Waals surface area contributed by atoms with Gasteiger partial charge in [-0.25, -0.2) is 22.0 Å². The second-order valence-corrected chi connectivity index (χ2v) is 10.7. The molecule has 0 aliphatic carbocycles. The molecule has 0 bridgehead atoms. The lowest BCUT2D eigenvalue weighted by Gasteiger charge is -2.08. The average molecular weight is 546 g/mol. The number of hydrogen-bond donors (Lipinski definition) is 1. The van der Waals surface area contributed by atoms with Crippen LogP contribution in [0.2, 0.25) is 0 Å². The van der Waals surface area contributed by atoms with Gasteiger partial charge in [0.1, 0.15) is 28.8 Å². The molecule has 1 N–H and O–H groups in total. The molecule has 1 aromatic heterocycles. The maximum Gasteiger partial charge on any atom is 0.346 e. The summed E-state index contributed by atoms with van der Waals surface area (Å²) >= 11 is 0. The van der Waals surface area contributed by atoms with Crippen LogP contribution in [0.3, 0.4) is 0 Å². The summed E-state index contributed by atoms with van der Waals surface area (Å²) in [7, 11) is -3.30. The summed E-state index contributed by atoms with van der Waals surface area (Å²) in [6.07, 6.45) is 2.66. The van der Waals surface area contributed by atoms with Crippen LogP contribution in [0.4, 0.5) is 19.3 Å². The third-order valence-electron chi connectivity index (χ3n) is 5.79. The van der Waals surface area contributed by atoms with Crippen molar-refractivity contribution in [3.63, 3.8) is 0 Å². The molecule has 196 valence electrons. The standard InChI is InChI=1S/C29H21F2N3O4S/c1-39(36,37)26-16-14-25(15-17-26)38-24-12-10-23(11-13-24)32-29(35)34-18-27(19-2-6-21(30)7-3-19)28(33-34)20-4-8-22(31)9-5-20/h2-18H,1H3,(H,32,35). The number of nitrogens with one attached hydrogen (secondary N) is 1. The van der Waals surface area contributed by atoms with E-state index in [9.17, 15) is 22.0 Å². The molecule has 0 spiro atoms. The van der Waals surface area contributed by atoms with Gasteiger partial charge < -0.3 is 10.1 Å². The predicted molar refractivity (Wildman–Crippen MR) is 143 cm³/mol. The highest BCUT2D eigenvalue weighted by atomic mass is 32.2. The quantitative estimate of drug-likeness (QED) is 0.254. The largest absolute Gasteiger partial charge is 0.457 e. The Morgan fingerprint density at radius 1 is 0.769 bits per heavy atom. The summed E-state index contributed by atoms with van der Waals surface area (Å²) in [5.74, 6) is 0.136. The summed E-state index contributed by atoms with van der Waals surface area (Å²) in [6, 6.07) is 23.6. The van der Waals surface area contributed by atoms with Crippen molar-refractivity contribution in [3.05, 3.63) is 115 Å². The average Bonchev–Trinajstić information content (AvgIpc) is 3.36. The smallest absolute Gasteiger partial charge is 0.346 e. The zero-order valence-corrected chi connectivity index (χ0v) is 21.3. The molecule has 0 fully saturated rings. The first-order valence-electron chi connectivity index (χ1n) is 11.7. The molecule has 39 heavy (non-hydrogen) atoms. The van der Waals surface area contributed by atoms with Gasteiger partial charge in [0.05, 0.1) is 4.90 Å². The summed E-state index contributed by atoms with van der Waals surface area (Å²) < 4.78 is 57.1. The highest BCUT2D eigenvalue weighted by molar-refractivity contribution is 7.90. The Morgan fingerprint density at radius 3 is 1.82 bits per heavy atom. The molecule has 0 saturated carbocycles. The molecular formula is C29H21F2N3O4S. The molecule has 0 aliphatic heterocycles. The van der Waals surface area contributed by atoms with Gasteiger partial charge in [-0.3, -0.25) is 0 Å². The van der Waals surface area contributed by atoms with Crippen molar-refractivity contribution in [1.82, 2.24) is 9.78 Å². The number of carbonyl (C=O) groups is 1. The van der Waals surface area contributed by atoms with Gasteiger partial charge in [-0.1, -0.05) is 12.1 Å². The third kappa shape index (κ3) is 6.02. The van der Waals surface area contributed by atoms with E-state index in [0.29, 0.717) is 39.6 Å². The monoisotopic (exact) mass is 545 g/mol. The van der Waals surface area contributed by atoms with E-state index in [-0.39, 0.29) is 4.90 Å². The van der Waals surface area contributed by atoms with Crippen molar-refractivity contribution in [1.29, 1.82) is 0 Å². The second kappa shape index (κ2) is 10.5. The number of hydrogen-bond acceptors (Lipinski definition) is 5. The van der Waals surface area contributed by atoms with Crippen molar-refractivity contribution in [2.75, 3.05) is 11.6 Å². The van der Waals surface area contributed by atoms with E-state index in [2.05, 4.69) is 10.4 Å². The van der Waals surface area contributed by atoms with Crippen molar-refractivity contribution >= 4 is 21.6 Å². The predicted octanol–water partition coefficient (Wildman–Crippen LogP) is 6.77. The van der Waals surface area contributed by atoms with Gasteiger partial charge >= 0.3 is 6.03 Å². The van der Waals surface area contributed by atoms with Crippen LogP contribution in [-0.2, 0) is 9.84 Å². The number of amides is 1. The van der Waals surface area contributed by atoms with E-state index in [4.69, 9.17) is 4.74 Å². The highest BCUT2D eigenvalue weighted by Crippen LogP contribution is 2.32. The van der Waals surface area contributed by atoms with Crippen LogP contribution < -0.4 is 10.1 Å². The zero-order valence-electron chi connectivity index (χ0n) is 20.5. The number of ether oxygens (including phenoxy) is 1. The normalized spacial score (nSPS) is 11.3. The molecular weight excluding hydrogens is 524 g/mol. The molecule has 0 radical (unpaired) electrons. The second-order valence-electron chi connectivity index (χ2n) is 8.65. The highest BCUT2D eigenvalue weighted by Gasteiger charge is 2.17. The minimum atomic E-state index is -3.30. The number of nitrogens with zero attached hydrogens (tertiary/aromatic N) is 2. The molecule has 4 aromatic carbocycles. The molecule has 7 nitrogen and oxygen atoms in total. The van der Waals surface area contributed by atoms with Gasteiger partial charge in [-0.05, 0) is 90.5 Å². The van der Waals surface area contributed by atoms with Gasteiger partial charge in [0.15, 0.2) is 9.84 Å². The zero-order chi connectivity index (χ0) is 27.6. The van der Waals surface area contributed by atoms with Crippen molar-refractivity contribution in [2.45, 2.75) is 4.90 Å². The summed E-state index contributed by atoms with van der Waals surface area (Å²) in [4.78, 5) is 13.2. The maximum atomic E-state index is 13.5. The van der Waals surface area contributed by atoms with Crippen molar-refractivity contribution in [2.24, 2.45) is 0 Å². The summed E-state index contributed by atoms with van der Waals surface area (Å²) in [6.45, 7) is 0. The topological polar surface area (TPSA) is 90.3 Å². The lowest BCUT2D eigenvalue weighted by molar-refractivity contribution is 0.251. The van der Waals surface area contributed by atoms with E-state index in [1.165, 1.54) is 42.6 Å². The number of rotatable bonds is 6. The van der Waals surface area contributed by atoms with Gasteiger partial charge in [0.2, 0.25) is 0 Å². The molecule has 0 aliphatic rings. The van der Waals surface area contributed by atoms with Crippen LogP contribution in [0.25, 0.3) is 22.4 Å². The SMILES string of the molecule is CS(=O)(=O)c1ccc(Oc2ccc(NC(=O)n3cc(-c4ccc(F)cc4)c(-c4ccc(F)cc4)n3)cc2)cc1. The van der Waals surface area contributed by atoms with E-state index in [1.54, 1.807) is 60.7 Å². The van der Waals surface area contributed by atoms with Crippen LogP contribution >= 0.6 is 0 Å². The van der Waals surface area contributed by atoms with E-state index >= 15 is 0 Å². The van der Waals surface area contributed by atoms with Crippen LogP contribution in [0.15, 0.2) is 108 Å². The first-order valence-corrected chi connectivity index (χ1v) is 13.6. The number of anilines is 1. The Bertz CT molecular complexity index is 1670. The van der Waals surface area contributed by atoms with Gasteiger partial charge in [0.25, 0.3) is 0 Å². The van der Waals surface area contributed by atoms with Crippen molar-refractivity contribution < 1.29 is 26.7 Å². The molecule has 1 heterocycles.